The summed E-state index contributed by atoms with van der Waals surface area (Å²) in [4.78, 5) is 41.1. The molecule has 0 aromatic heterocycles. The number of nitrogens with one attached hydrogen (secondary N) is 1. The summed E-state index contributed by atoms with van der Waals surface area (Å²) < 4.78 is 16.3. The number of hydrogen-bond acceptors (Lipinski definition) is 6. The minimum atomic E-state index is -0.886. The number of imide groups is 1. The van der Waals surface area contributed by atoms with Crippen molar-refractivity contribution in [2.75, 3.05) is 33.9 Å². The van der Waals surface area contributed by atoms with Gasteiger partial charge in [-0.1, -0.05) is 36.4 Å². The first kappa shape index (κ1) is 22.6. The topological polar surface area (TPSA) is 97.4 Å². The Morgan fingerprint density at radius 3 is 2.58 bits per heavy atom. The molecule has 2 aliphatic rings. The maximum absolute atomic E-state index is 12.9. The average Bonchev–Trinajstić information content (AvgIpc) is 3.11. The lowest BCUT2D eigenvalue weighted by Crippen LogP contribution is -2.45. The van der Waals surface area contributed by atoms with E-state index >= 15 is 0 Å². The van der Waals surface area contributed by atoms with Crippen molar-refractivity contribution in [3.63, 3.8) is 0 Å². The SMILES string of the molecule is COc1ccc(CN2C(=O)N[C@@H](CC(=O)N3CCO[C@H](c4ccccc4)C3)C2=O)cc1OC. The molecule has 1 N–H and O–H groups in total. The number of morpholine rings is 1. The second-order valence-corrected chi connectivity index (χ2v) is 7.93. The summed E-state index contributed by atoms with van der Waals surface area (Å²) in [5.41, 5.74) is 1.71. The molecule has 2 fully saturated rings. The first-order valence-corrected chi connectivity index (χ1v) is 10.8. The standard InChI is InChI=1S/C24H27N3O6/c1-31-19-9-8-16(12-20(19)32-2)14-27-23(29)18(25-24(27)30)13-22(28)26-10-11-33-21(15-26)17-6-4-3-5-7-17/h3-9,12,18,21H,10-11,13-15H2,1-2H3,(H,25,30)/t18-,21-/m0/s1. The Bertz CT molecular complexity index is 1030. The van der Waals surface area contributed by atoms with Gasteiger partial charge in [-0.3, -0.25) is 14.5 Å². The van der Waals surface area contributed by atoms with E-state index in [9.17, 15) is 14.4 Å². The normalized spacial score (nSPS) is 20.5. The van der Waals surface area contributed by atoms with Crippen molar-refractivity contribution < 1.29 is 28.6 Å². The molecular formula is C24H27N3O6. The van der Waals surface area contributed by atoms with Gasteiger partial charge in [0.2, 0.25) is 5.91 Å². The smallest absolute Gasteiger partial charge is 0.325 e. The van der Waals surface area contributed by atoms with Crippen molar-refractivity contribution in [1.29, 1.82) is 0 Å². The van der Waals surface area contributed by atoms with Crippen molar-refractivity contribution in [3.05, 3.63) is 59.7 Å². The molecule has 2 heterocycles. The lowest BCUT2D eigenvalue weighted by molar-refractivity contribution is -0.141. The molecule has 0 radical (unpaired) electrons. The van der Waals surface area contributed by atoms with Crippen LogP contribution in [0.5, 0.6) is 11.5 Å². The Kier molecular flexibility index (Phi) is 6.79. The third kappa shape index (κ3) is 4.93. The van der Waals surface area contributed by atoms with E-state index in [1.165, 1.54) is 14.2 Å². The molecule has 9 heteroatoms. The van der Waals surface area contributed by atoms with Gasteiger partial charge in [0.05, 0.1) is 40.3 Å². The van der Waals surface area contributed by atoms with Crippen LogP contribution in [0.4, 0.5) is 4.79 Å². The van der Waals surface area contributed by atoms with Gasteiger partial charge < -0.3 is 24.4 Å². The number of nitrogens with zero attached hydrogens (tertiary/aromatic N) is 2. The van der Waals surface area contributed by atoms with E-state index in [0.29, 0.717) is 36.8 Å². The zero-order chi connectivity index (χ0) is 23.4. The van der Waals surface area contributed by atoms with Crippen LogP contribution in [0.15, 0.2) is 48.5 Å². The number of benzene rings is 2. The quantitative estimate of drug-likeness (QED) is 0.645. The van der Waals surface area contributed by atoms with Crippen LogP contribution in [0.25, 0.3) is 0 Å². The van der Waals surface area contributed by atoms with Gasteiger partial charge in [-0.2, -0.15) is 0 Å². The molecule has 2 atom stereocenters. The minimum absolute atomic E-state index is 0.0728. The van der Waals surface area contributed by atoms with Gasteiger partial charge in [-0.05, 0) is 23.3 Å². The van der Waals surface area contributed by atoms with E-state index in [-0.39, 0.29) is 25.0 Å². The minimum Gasteiger partial charge on any atom is -0.493 e. The van der Waals surface area contributed by atoms with E-state index in [2.05, 4.69) is 5.32 Å². The number of rotatable bonds is 7. The molecule has 4 amide bonds. The van der Waals surface area contributed by atoms with E-state index in [1.54, 1.807) is 23.1 Å². The van der Waals surface area contributed by atoms with E-state index in [4.69, 9.17) is 14.2 Å². The lowest BCUT2D eigenvalue weighted by atomic mass is 10.1. The van der Waals surface area contributed by atoms with Crippen molar-refractivity contribution in [1.82, 2.24) is 15.1 Å². The van der Waals surface area contributed by atoms with Crippen LogP contribution in [-0.2, 0) is 20.9 Å². The number of hydrogen-bond donors (Lipinski definition) is 1. The summed E-state index contributed by atoms with van der Waals surface area (Å²) in [6, 6.07) is 13.5. The Morgan fingerprint density at radius 2 is 1.85 bits per heavy atom. The predicted molar refractivity (Wildman–Crippen MR) is 119 cm³/mol. The van der Waals surface area contributed by atoms with Gasteiger partial charge in [0.15, 0.2) is 11.5 Å². The molecule has 4 rings (SSSR count). The number of ether oxygens (including phenoxy) is 3. The predicted octanol–water partition coefficient (Wildman–Crippen LogP) is 2.11. The zero-order valence-corrected chi connectivity index (χ0v) is 18.7. The summed E-state index contributed by atoms with van der Waals surface area (Å²) in [5, 5.41) is 2.64. The van der Waals surface area contributed by atoms with Gasteiger partial charge >= 0.3 is 6.03 Å². The molecule has 33 heavy (non-hydrogen) atoms. The molecule has 0 aliphatic carbocycles. The van der Waals surface area contributed by atoms with Crippen molar-refractivity contribution in [2.24, 2.45) is 0 Å². The number of carbonyl (C=O) groups excluding carboxylic acids is 3. The number of urea groups is 1. The molecule has 2 aliphatic heterocycles. The maximum Gasteiger partial charge on any atom is 0.325 e. The molecule has 0 saturated carbocycles. The molecular weight excluding hydrogens is 426 g/mol. The third-order valence-corrected chi connectivity index (χ3v) is 5.86. The highest BCUT2D eigenvalue weighted by atomic mass is 16.5. The van der Waals surface area contributed by atoms with Crippen LogP contribution < -0.4 is 14.8 Å². The fourth-order valence-corrected chi connectivity index (χ4v) is 4.08. The highest BCUT2D eigenvalue weighted by molar-refractivity contribution is 6.05. The van der Waals surface area contributed by atoms with Gasteiger partial charge in [-0.15, -0.1) is 0 Å². The Morgan fingerprint density at radius 1 is 1.09 bits per heavy atom. The molecule has 9 nitrogen and oxygen atoms in total. The number of amides is 4. The first-order valence-electron chi connectivity index (χ1n) is 10.8. The second-order valence-electron chi connectivity index (χ2n) is 7.93. The maximum atomic E-state index is 12.9. The molecule has 2 aromatic rings. The number of methoxy groups -OCH3 is 2. The molecule has 0 bridgehead atoms. The summed E-state index contributed by atoms with van der Waals surface area (Å²) in [6.45, 7) is 1.35. The second kappa shape index (κ2) is 9.91. The summed E-state index contributed by atoms with van der Waals surface area (Å²) >= 11 is 0. The van der Waals surface area contributed by atoms with Crippen molar-refractivity contribution >= 4 is 17.8 Å². The highest BCUT2D eigenvalue weighted by Crippen LogP contribution is 2.29. The molecule has 2 saturated heterocycles. The van der Waals surface area contributed by atoms with E-state index in [1.807, 2.05) is 30.3 Å². The van der Waals surface area contributed by atoms with Gasteiger partial charge in [-0.25, -0.2) is 4.79 Å². The Hall–Kier alpha value is -3.59. The summed E-state index contributed by atoms with van der Waals surface area (Å²) in [7, 11) is 3.05. The highest BCUT2D eigenvalue weighted by Gasteiger charge is 2.40. The van der Waals surface area contributed by atoms with Crippen LogP contribution in [0.1, 0.15) is 23.7 Å². The van der Waals surface area contributed by atoms with Crippen molar-refractivity contribution in [2.45, 2.75) is 25.1 Å². The fourth-order valence-electron chi connectivity index (χ4n) is 4.08. The van der Waals surface area contributed by atoms with E-state index < -0.39 is 18.0 Å². The molecule has 0 spiro atoms. The molecule has 0 unspecified atom stereocenters. The fraction of sp³-hybridized carbons (Fsp3) is 0.375. The average molecular weight is 453 g/mol. The first-order chi connectivity index (χ1) is 16.0. The summed E-state index contributed by atoms with van der Waals surface area (Å²) in [6.07, 6.45) is -0.298. The van der Waals surface area contributed by atoms with Crippen LogP contribution >= 0.6 is 0 Å². The zero-order valence-electron chi connectivity index (χ0n) is 18.7. The Labute approximate surface area is 192 Å². The monoisotopic (exact) mass is 453 g/mol. The third-order valence-electron chi connectivity index (χ3n) is 5.86. The lowest BCUT2D eigenvalue weighted by Gasteiger charge is -2.33. The van der Waals surface area contributed by atoms with Gasteiger partial charge in [0, 0.05) is 6.54 Å². The Balaban J connectivity index is 1.38. The number of carbonyl (C=O) groups is 3. The van der Waals surface area contributed by atoms with Crippen molar-refractivity contribution in [3.8, 4) is 11.5 Å². The largest absolute Gasteiger partial charge is 0.493 e. The van der Waals surface area contributed by atoms with Crippen LogP contribution in [-0.4, -0.2) is 67.6 Å². The van der Waals surface area contributed by atoms with Crippen LogP contribution in [0, 0.1) is 0 Å². The van der Waals surface area contributed by atoms with Gasteiger partial charge in [0.25, 0.3) is 5.91 Å². The molecule has 174 valence electrons. The van der Waals surface area contributed by atoms with E-state index in [0.717, 1.165) is 10.5 Å². The van der Waals surface area contributed by atoms with Gasteiger partial charge in [0.1, 0.15) is 12.1 Å². The summed E-state index contributed by atoms with van der Waals surface area (Å²) in [5.74, 6) is 0.456. The molecule has 2 aromatic carbocycles. The van der Waals surface area contributed by atoms with Crippen LogP contribution in [0.3, 0.4) is 0 Å². The van der Waals surface area contributed by atoms with Crippen LogP contribution in [0.2, 0.25) is 0 Å².